The standard InChI is InChI=1S/C29H42N6O6S/c1-6-8-23-26-27(34(5)32-23)29(37)31-28(30-26)22-19-21(10-11-24(22)40-7-2)42(38,39)35-15-13-20(14-16-35)9-12-25(36)41-18-17-33(3)4/h10-11,19-20H,6-9,12-18H2,1-5H3,(H,30,31,37). The highest BCUT2D eigenvalue weighted by Gasteiger charge is 2.31. The summed E-state index contributed by atoms with van der Waals surface area (Å²) in [7, 11) is 1.73. The molecular weight excluding hydrogens is 560 g/mol. The van der Waals surface area contributed by atoms with Crippen molar-refractivity contribution in [3.8, 4) is 17.1 Å². The summed E-state index contributed by atoms with van der Waals surface area (Å²) in [6.07, 6.45) is 3.85. The number of likely N-dealkylation sites (N-methyl/N-ethyl adjacent to an activating group) is 1. The van der Waals surface area contributed by atoms with Crippen LogP contribution in [0.3, 0.4) is 0 Å². The van der Waals surface area contributed by atoms with Crippen LogP contribution in [0.2, 0.25) is 0 Å². The molecule has 0 amide bonds. The summed E-state index contributed by atoms with van der Waals surface area (Å²) in [5, 5.41) is 4.47. The van der Waals surface area contributed by atoms with Crippen molar-refractivity contribution in [2.45, 2.75) is 57.3 Å². The number of esters is 1. The van der Waals surface area contributed by atoms with Gasteiger partial charge in [-0.1, -0.05) is 13.3 Å². The summed E-state index contributed by atoms with van der Waals surface area (Å²) in [5.74, 6) is 0.698. The number of hydrogen-bond acceptors (Lipinski definition) is 9. The van der Waals surface area contributed by atoms with Crippen molar-refractivity contribution in [1.82, 2.24) is 29.0 Å². The molecule has 1 aliphatic rings. The van der Waals surface area contributed by atoms with Crippen LogP contribution in [0.15, 0.2) is 27.9 Å². The number of carbonyl (C=O) groups is 1. The molecule has 0 saturated carbocycles. The van der Waals surface area contributed by atoms with E-state index in [9.17, 15) is 18.0 Å². The number of piperidine rings is 1. The number of rotatable bonds is 13. The summed E-state index contributed by atoms with van der Waals surface area (Å²) in [6, 6.07) is 4.67. The Balaban J connectivity index is 1.53. The van der Waals surface area contributed by atoms with Gasteiger partial charge in [-0.05, 0) is 70.8 Å². The van der Waals surface area contributed by atoms with E-state index in [1.165, 1.54) is 21.1 Å². The average molecular weight is 603 g/mol. The number of aromatic nitrogens is 4. The Morgan fingerprint density at radius 2 is 1.93 bits per heavy atom. The number of aryl methyl sites for hydroxylation is 2. The molecule has 0 atom stereocenters. The molecule has 0 radical (unpaired) electrons. The maximum absolute atomic E-state index is 13.7. The van der Waals surface area contributed by atoms with Gasteiger partial charge in [0.2, 0.25) is 10.0 Å². The second kappa shape index (κ2) is 13.8. The van der Waals surface area contributed by atoms with Crippen molar-refractivity contribution in [3.05, 3.63) is 34.2 Å². The van der Waals surface area contributed by atoms with E-state index in [1.54, 1.807) is 13.1 Å². The van der Waals surface area contributed by atoms with E-state index in [0.717, 1.165) is 6.42 Å². The van der Waals surface area contributed by atoms with Gasteiger partial charge in [0.15, 0.2) is 5.52 Å². The highest BCUT2D eigenvalue weighted by Crippen LogP contribution is 2.33. The van der Waals surface area contributed by atoms with Gasteiger partial charge < -0.3 is 19.4 Å². The molecule has 1 fully saturated rings. The van der Waals surface area contributed by atoms with Gasteiger partial charge in [0.1, 0.15) is 23.7 Å². The molecule has 2 aromatic heterocycles. The maximum atomic E-state index is 13.7. The summed E-state index contributed by atoms with van der Waals surface area (Å²) in [5.41, 5.74) is 1.62. The molecule has 4 rings (SSSR count). The minimum absolute atomic E-state index is 0.103. The normalized spacial score (nSPS) is 15.0. The van der Waals surface area contributed by atoms with Crippen molar-refractivity contribution >= 4 is 27.0 Å². The number of nitrogens with zero attached hydrogens (tertiary/aromatic N) is 5. The first kappa shape index (κ1) is 31.6. The van der Waals surface area contributed by atoms with Crippen LogP contribution >= 0.6 is 0 Å². The Kier molecular flexibility index (Phi) is 10.4. The van der Waals surface area contributed by atoms with Gasteiger partial charge in [-0.25, -0.2) is 13.4 Å². The zero-order valence-electron chi connectivity index (χ0n) is 25.2. The highest BCUT2D eigenvalue weighted by molar-refractivity contribution is 7.89. The zero-order valence-corrected chi connectivity index (χ0v) is 26.0. The van der Waals surface area contributed by atoms with Crippen LogP contribution in [0.5, 0.6) is 5.75 Å². The largest absolute Gasteiger partial charge is 0.493 e. The number of carbonyl (C=O) groups excluding carboxylic acids is 1. The lowest BCUT2D eigenvalue weighted by atomic mass is 9.93. The molecule has 0 spiro atoms. The fourth-order valence-corrected chi connectivity index (χ4v) is 6.74. The first-order chi connectivity index (χ1) is 20.0. The summed E-state index contributed by atoms with van der Waals surface area (Å²) < 4.78 is 41.5. The minimum Gasteiger partial charge on any atom is -0.493 e. The van der Waals surface area contributed by atoms with Gasteiger partial charge in [0, 0.05) is 33.1 Å². The number of fused-ring (bicyclic) bond motifs is 1. The number of benzene rings is 1. The lowest BCUT2D eigenvalue weighted by Crippen LogP contribution is -2.38. The first-order valence-electron chi connectivity index (χ1n) is 14.6. The van der Waals surface area contributed by atoms with Gasteiger partial charge in [-0.15, -0.1) is 0 Å². The monoisotopic (exact) mass is 602 g/mol. The molecular formula is C29H42N6O6S. The molecule has 42 heavy (non-hydrogen) atoms. The summed E-state index contributed by atoms with van der Waals surface area (Å²) in [6.45, 7) is 5.99. The molecule has 230 valence electrons. The molecule has 0 unspecified atom stereocenters. The maximum Gasteiger partial charge on any atom is 0.305 e. The number of nitrogens with one attached hydrogen (secondary N) is 1. The van der Waals surface area contributed by atoms with Gasteiger partial charge in [-0.3, -0.25) is 14.3 Å². The predicted octanol–water partition coefficient (Wildman–Crippen LogP) is 2.96. The second-order valence-electron chi connectivity index (χ2n) is 10.9. The van der Waals surface area contributed by atoms with Crippen molar-refractivity contribution in [1.29, 1.82) is 0 Å². The smallest absolute Gasteiger partial charge is 0.305 e. The highest BCUT2D eigenvalue weighted by atomic mass is 32.2. The third-order valence-corrected chi connectivity index (χ3v) is 9.42. The van der Waals surface area contributed by atoms with Gasteiger partial charge in [0.05, 0.1) is 22.8 Å². The summed E-state index contributed by atoms with van der Waals surface area (Å²) in [4.78, 5) is 34.7. The molecule has 1 saturated heterocycles. The molecule has 1 N–H and O–H groups in total. The molecule has 0 aliphatic carbocycles. The van der Waals surface area contributed by atoms with Gasteiger partial charge >= 0.3 is 5.97 Å². The molecule has 1 aromatic carbocycles. The first-order valence-corrected chi connectivity index (χ1v) is 16.0. The van der Waals surface area contributed by atoms with Crippen molar-refractivity contribution in [2.24, 2.45) is 13.0 Å². The van der Waals surface area contributed by atoms with E-state index >= 15 is 0 Å². The van der Waals surface area contributed by atoms with E-state index in [-0.39, 0.29) is 28.2 Å². The molecule has 3 heterocycles. The average Bonchev–Trinajstić information content (AvgIpc) is 3.27. The van der Waals surface area contributed by atoms with Crippen LogP contribution in [-0.2, 0) is 33.0 Å². The van der Waals surface area contributed by atoms with Crippen LogP contribution in [0, 0.1) is 5.92 Å². The molecule has 13 heteroatoms. The minimum atomic E-state index is -3.82. The zero-order chi connectivity index (χ0) is 30.4. The Hall–Kier alpha value is -3.29. The topological polar surface area (TPSA) is 140 Å². The summed E-state index contributed by atoms with van der Waals surface area (Å²) >= 11 is 0. The van der Waals surface area contributed by atoms with Crippen molar-refractivity contribution in [2.75, 3.05) is 46.9 Å². The Morgan fingerprint density at radius 3 is 2.60 bits per heavy atom. The van der Waals surface area contributed by atoms with E-state index in [2.05, 4.69) is 10.1 Å². The van der Waals surface area contributed by atoms with Crippen molar-refractivity contribution < 1.29 is 22.7 Å². The lowest BCUT2D eigenvalue weighted by Gasteiger charge is -2.31. The Bertz CT molecular complexity index is 1560. The van der Waals surface area contributed by atoms with Crippen molar-refractivity contribution in [3.63, 3.8) is 0 Å². The molecule has 1 aliphatic heterocycles. The van der Waals surface area contributed by atoms with E-state index in [4.69, 9.17) is 14.5 Å². The predicted molar refractivity (Wildman–Crippen MR) is 160 cm³/mol. The number of ether oxygens (including phenoxy) is 2. The molecule has 0 bridgehead atoms. The van der Waals surface area contributed by atoms with Crippen LogP contribution in [0.25, 0.3) is 22.4 Å². The molecule has 12 nitrogen and oxygen atoms in total. The number of sulfonamides is 1. The SMILES string of the molecule is CCCc1nn(C)c2c(=O)[nH]c(-c3cc(S(=O)(=O)N4CCC(CCC(=O)OCCN(C)C)CC4)ccc3OCC)nc12. The van der Waals surface area contributed by atoms with E-state index in [1.807, 2.05) is 32.8 Å². The Labute approximate surface area is 247 Å². The molecule has 3 aromatic rings. The van der Waals surface area contributed by atoms with Crippen LogP contribution in [-0.4, -0.2) is 90.3 Å². The third-order valence-electron chi connectivity index (χ3n) is 7.52. The Morgan fingerprint density at radius 1 is 1.19 bits per heavy atom. The van der Waals surface area contributed by atoms with Gasteiger partial charge in [-0.2, -0.15) is 9.40 Å². The van der Waals surface area contributed by atoms with E-state index < -0.39 is 10.0 Å². The van der Waals surface area contributed by atoms with Crippen LogP contribution in [0.4, 0.5) is 0 Å². The third kappa shape index (κ3) is 7.19. The van der Waals surface area contributed by atoms with E-state index in [0.29, 0.717) is 93.0 Å². The second-order valence-corrected chi connectivity index (χ2v) is 12.9. The van der Waals surface area contributed by atoms with Crippen LogP contribution < -0.4 is 10.3 Å². The number of hydrogen-bond donors (Lipinski definition) is 1. The number of H-pyrrole nitrogens is 1. The lowest BCUT2D eigenvalue weighted by molar-refractivity contribution is -0.144. The number of aromatic amines is 1. The van der Waals surface area contributed by atoms with Crippen LogP contribution in [0.1, 0.15) is 51.6 Å². The fourth-order valence-electron chi connectivity index (χ4n) is 5.24. The van der Waals surface area contributed by atoms with Gasteiger partial charge in [0.25, 0.3) is 5.56 Å². The fraction of sp³-hybridized carbons (Fsp3) is 0.586. The quantitative estimate of drug-likeness (QED) is 0.293.